The molecule has 1 atom stereocenters. The number of ether oxygens (including phenoxy) is 2. The number of methoxy groups -OCH3 is 1. The molecule has 0 rings (SSSR count). The summed E-state index contributed by atoms with van der Waals surface area (Å²) in [6.45, 7) is 1.85. The summed E-state index contributed by atoms with van der Waals surface area (Å²) in [5.74, 6) is 0. The van der Waals surface area contributed by atoms with Crippen molar-refractivity contribution in [1.82, 2.24) is 0 Å². The predicted octanol–water partition coefficient (Wildman–Crippen LogP) is 0.173. The molecule has 0 aromatic rings. The molecule has 0 spiro atoms. The van der Waals surface area contributed by atoms with Crippen LogP contribution in [0.3, 0.4) is 0 Å². The van der Waals surface area contributed by atoms with Crippen LogP contribution in [0.2, 0.25) is 0 Å². The van der Waals surface area contributed by atoms with Gasteiger partial charge in [-0.2, -0.15) is 0 Å². The maximum atomic E-state index is 9.33. The second-order valence-electron chi connectivity index (χ2n) is 2.91. The van der Waals surface area contributed by atoms with Gasteiger partial charge in [-0.1, -0.05) is 0 Å². The lowest BCUT2D eigenvalue weighted by Crippen LogP contribution is -2.13. The Morgan fingerprint density at radius 2 is 1.85 bits per heavy atom. The minimum atomic E-state index is -0.339. The Bertz CT molecular complexity index is 97.6. The first kappa shape index (κ1) is 12.8. The van der Waals surface area contributed by atoms with E-state index in [2.05, 4.69) is 0 Å². The van der Waals surface area contributed by atoms with E-state index in [0.29, 0.717) is 39.1 Å². The van der Waals surface area contributed by atoms with Gasteiger partial charge in [-0.25, -0.2) is 0 Å². The molecule has 0 bridgehead atoms. The third-order valence-electron chi connectivity index (χ3n) is 1.70. The molecule has 4 nitrogen and oxygen atoms in total. The van der Waals surface area contributed by atoms with Gasteiger partial charge in [0.2, 0.25) is 0 Å². The molecule has 0 aliphatic carbocycles. The molecule has 0 aromatic heterocycles. The van der Waals surface area contributed by atoms with Crippen LogP contribution in [-0.4, -0.2) is 49.9 Å². The summed E-state index contributed by atoms with van der Waals surface area (Å²) in [4.78, 5) is 0. The highest BCUT2D eigenvalue weighted by Crippen LogP contribution is 1.98. The van der Waals surface area contributed by atoms with E-state index >= 15 is 0 Å². The summed E-state index contributed by atoms with van der Waals surface area (Å²) in [6, 6.07) is 0. The first-order valence-electron chi connectivity index (χ1n) is 4.67. The van der Waals surface area contributed by atoms with Gasteiger partial charge < -0.3 is 19.7 Å². The van der Waals surface area contributed by atoms with Gasteiger partial charge in [0.25, 0.3) is 0 Å². The standard InChI is InChI=1S/C9H20O4/c1-12-7-3-9(11)4-8-13-6-2-5-10/h9-11H,2-8H2,1H3. The summed E-state index contributed by atoms with van der Waals surface area (Å²) < 4.78 is 9.99. The molecule has 80 valence electrons. The van der Waals surface area contributed by atoms with Crippen molar-refractivity contribution in [2.75, 3.05) is 33.5 Å². The first-order chi connectivity index (χ1) is 6.31. The molecule has 2 N–H and O–H groups in total. The molecular weight excluding hydrogens is 172 g/mol. The molecule has 0 saturated carbocycles. The maximum absolute atomic E-state index is 9.33. The van der Waals surface area contributed by atoms with Gasteiger partial charge in [-0.15, -0.1) is 0 Å². The number of rotatable bonds is 9. The quantitative estimate of drug-likeness (QED) is 0.511. The highest BCUT2D eigenvalue weighted by atomic mass is 16.5. The van der Waals surface area contributed by atoms with Crippen LogP contribution >= 0.6 is 0 Å². The highest BCUT2D eigenvalue weighted by Gasteiger charge is 2.02. The van der Waals surface area contributed by atoms with E-state index < -0.39 is 0 Å². The van der Waals surface area contributed by atoms with Crippen LogP contribution in [0.4, 0.5) is 0 Å². The lowest BCUT2D eigenvalue weighted by Gasteiger charge is -2.09. The molecule has 0 aromatic carbocycles. The van der Waals surface area contributed by atoms with Gasteiger partial charge in [0.05, 0.1) is 6.10 Å². The zero-order chi connectivity index (χ0) is 9.94. The Hall–Kier alpha value is -0.160. The second kappa shape index (κ2) is 9.92. The van der Waals surface area contributed by atoms with Crippen LogP contribution in [-0.2, 0) is 9.47 Å². The van der Waals surface area contributed by atoms with Crippen molar-refractivity contribution in [2.45, 2.75) is 25.4 Å². The van der Waals surface area contributed by atoms with Crippen molar-refractivity contribution in [3.8, 4) is 0 Å². The lowest BCUT2D eigenvalue weighted by molar-refractivity contribution is 0.0571. The molecule has 4 heteroatoms. The fourth-order valence-electron chi connectivity index (χ4n) is 0.886. The molecule has 0 heterocycles. The molecule has 0 aliphatic heterocycles. The minimum Gasteiger partial charge on any atom is -0.396 e. The third-order valence-corrected chi connectivity index (χ3v) is 1.70. The molecular formula is C9H20O4. The molecule has 0 aliphatic rings. The summed E-state index contributed by atoms with van der Waals surface area (Å²) in [7, 11) is 1.62. The molecule has 0 amide bonds. The number of aliphatic hydroxyl groups is 2. The Balaban J connectivity index is 3.03. The SMILES string of the molecule is COCCC(O)CCOCCCO. The molecule has 0 saturated heterocycles. The summed E-state index contributed by atoms with van der Waals surface area (Å²) in [5.41, 5.74) is 0. The van der Waals surface area contributed by atoms with Gasteiger partial charge >= 0.3 is 0 Å². The Labute approximate surface area is 79.5 Å². The fraction of sp³-hybridized carbons (Fsp3) is 1.00. The van der Waals surface area contributed by atoms with Crippen LogP contribution in [0.15, 0.2) is 0 Å². The number of hydrogen-bond acceptors (Lipinski definition) is 4. The predicted molar refractivity (Wildman–Crippen MR) is 49.6 cm³/mol. The van der Waals surface area contributed by atoms with Crippen LogP contribution in [0.1, 0.15) is 19.3 Å². The van der Waals surface area contributed by atoms with Crippen molar-refractivity contribution < 1.29 is 19.7 Å². The third kappa shape index (κ3) is 9.76. The van der Waals surface area contributed by atoms with Gasteiger partial charge in [0, 0.05) is 33.5 Å². The minimum absolute atomic E-state index is 0.159. The van der Waals surface area contributed by atoms with Crippen LogP contribution in [0.25, 0.3) is 0 Å². The zero-order valence-corrected chi connectivity index (χ0v) is 8.24. The summed E-state index contributed by atoms with van der Waals surface area (Å²) in [6.07, 6.45) is 1.61. The van der Waals surface area contributed by atoms with Crippen LogP contribution in [0.5, 0.6) is 0 Å². The van der Waals surface area contributed by atoms with E-state index in [4.69, 9.17) is 14.6 Å². The molecule has 13 heavy (non-hydrogen) atoms. The Kier molecular flexibility index (Phi) is 9.80. The van der Waals surface area contributed by atoms with Gasteiger partial charge in [0.1, 0.15) is 0 Å². The topological polar surface area (TPSA) is 58.9 Å². The smallest absolute Gasteiger partial charge is 0.0584 e. The van der Waals surface area contributed by atoms with Crippen molar-refractivity contribution in [2.24, 2.45) is 0 Å². The van der Waals surface area contributed by atoms with Gasteiger partial charge in [-0.3, -0.25) is 0 Å². The average molecular weight is 192 g/mol. The van der Waals surface area contributed by atoms with Crippen molar-refractivity contribution in [3.63, 3.8) is 0 Å². The molecule has 0 radical (unpaired) electrons. The molecule has 1 unspecified atom stereocenters. The first-order valence-corrected chi connectivity index (χ1v) is 4.67. The fourth-order valence-corrected chi connectivity index (χ4v) is 0.886. The van der Waals surface area contributed by atoms with Crippen LogP contribution in [0, 0.1) is 0 Å². The van der Waals surface area contributed by atoms with E-state index in [9.17, 15) is 5.11 Å². The Morgan fingerprint density at radius 1 is 1.15 bits per heavy atom. The second-order valence-corrected chi connectivity index (χ2v) is 2.91. The summed E-state index contributed by atoms with van der Waals surface area (Å²) in [5, 5.41) is 17.8. The highest BCUT2D eigenvalue weighted by molar-refractivity contribution is 4.53. The van der Waals surface area contributed by atoms with Crippen molar-refractivity contribution in [1.29, 1.82) is 0 Å². The normalized spacial score (nSPS) is 13.2. The Morgan fingerprint density at radius 3 is 2.46 bits per heavy atom. The summed E-state index contributed by atoms with van der Waals surface area (Å²) >= 11 is 0. The van der Waals surface area contributed by atoms with Gasteiger partial charge in [-0.05, 0) is 19.3 Å². The van der Waals surface area contributed by atoms with E-state index in [1.54, 1.807) is 7.11 Å². The van der Waals surface area contributed by atoms with E-state index in [0.717, 1.165) is 0 Å². The van der Waals surface area contributed by atoms with E-state index in [1.165, 1.54) is 0 Å². The number of hydrogen-bond donors (Lipinski definition) is 2. The molecule has 0 fully saturated rings. The van der Waals surface area contributed by atoms with Gasteiger partial charge in [0.15, 0.2) is 0 Å². The van der Waals surface area contributed by atoms with E-state index in [1.807, 2.05) is 0 Å². The monoisotopic (exact) mass is 192 g/mol. The average Bonchev–Trinajstić information content (AvgIpc) is 2.14. The maximum Gasteiger partial charge on any atom is 0.0584 e. The number of aliphatic hydroxyl groups excluding tert-OH is 2. The largest absolute Gasteiger partial charge is 0.396 e. The van der Waals surface area contributed by atoms with E-state index in [-0.39, 0.29) is 12.7 Å². The lowest BCUT2D eigenvalue weighted by atomic mass is 10.2. The zero-order valence-electron chi connectivity index (χ0n) is 8.24. The van der Waals surface area contributed by atoms with Crippen LogP contribution < -0.4 is 0 Å². The van der Waals surface area contributed by atoms with Crippen molar-refractivity contribution >= 4 is 0 Å². The van der Waals surface area contributed by atoms with Crippen molar-refractivity contribution in [3.05, 3.63) is 0 Å².